The second-order valence-electron chi connectivity index (χ2n) is 4.38. The molecule has 0 bridgehead atoms. The van der Waals surface area contributed by atoms with Crippen LogP contribution in [0.2, 0.25) is 0 Å². The van der Waals surface area contributed by atoms with Crippen molar-refractivity contribution in [3.63, 3.8) is 0 Å². The largest absolute Gasteiger partial charge is 0.375 e. The van der Waals surface area contributed by atoms with Crippen LogP contribution in [0.1, 0.15) is 58.3 Å². The van der Waals surface area contributed by atoms with Crippen molar-refractivity contribution in [2.24, 2.45) is 0 Å². The maximum absolute atomic E-state index is 5.97. The molecule has 1 aliphatic heterocycles. The maximum Gasteiger partial charge on any atom is 0.0680 e. The molecule has 0 N–H and O–H groups in total. The zero-order valence-electron chi connectivity index (χ0n) is 9.56. The number of hydrogen-bond donors (Lipinski definition) is 0. The van der Waals surface area contributed by atoms with Gasteiger partial charge >= 0.3 is 0 Å². The van der Waals surface area contributed by atoms with Gasteiger partial charge in [0.05, 0.1) is 5.60 Å². The molecule has 82 valence electrons. The molecule has 0 aliphatic carbocycles. The molecule has 1 heterocycles. The van der Waals surface area contributed by atoms with Crippen molar-refractivity contribution < 1.29 is 4.74 Å². The predicted octanol–water partition coefficient (Wildman–Crippen LogP) is 4.08. The molecule has 0 aromatic rings. The molecule has 0 aromatic heterocycles. The summed E-state index contributed by atoms with van der Waals surface area (Å²) in [7, 11) is 0. The minimum absolute atomic E-state index is 0.236. The molecule has 14 heavy (non-hydrogen) atoms. The number of hydrogen-bond acceptors (Lipinski definition) is 1. The van der Waals surface area contributed by atoms with Gasteiger partial charge in [-0.25, -0.2) is 0 Å². The van der Waals surface area contributed by atoms with Crippen molar-refractivity contribution in [1.29, 1.82) is 0 Å². The van der Waals surface area contributed by atoms with Crippen LogP contribution in [0.5, 0.6) is 0 Å². The van der Waals surface area contributed by atoms with Crippen molar-refractivity contribution in [1.82, 2.24) is 0 Å². The normalized spacial score (nSPS) is 27.5. The number of unbranched alkanes of at least 4 members (excludes halogenated alkanes) is 2. The van der Waals surface area contributed by atoms with E-state index < -0.39 is 0 Å². The first-order valence-corrected chi connectivity index (χ1v) is 6.08. The van der Waals surface area contributed by atoms with E-state index in [4.69, 9.17) is 4.74 Å². The standard InChI is InChI=1S/C13H24O/c1-3-5-6-7-10-13(4-2)11-8-9-12-14-13/h3H,1,4-12H2,2H3. The summed E-state index contributed by atoms with van der Waals surface area (Å²) in [6.45, 7) is 7.00. The average molecular weight is 196 g/mol. The van der Waals surface area contributed by atoms with Gasteiger partial charge < -0.3 is 4.74 Å². The summed E-state index contributed by atoms with van der Waals surface area (Å²) >= 11 is 0. The summed E-state index contributed by atoms with van der Waals surface area (Å²) in [6, 6.07) is 0. The van der Waals surface area contributed by atoms with E-state index >= 15 is 0 Å². The fourth-order valence-electron chi connectivity index (χ4n) is 2.30. The zero-order valence-corrected chi connectivity index (χ0v) is 9.56. The van der Waals surface area contributed by atoms with E-state index in [9.17, 15) is 0 Å². The highest BCUT2D eigenvalue weighted by Crippen LogP contribution is 2.32. The molecule has 0 spiro atoms. The van der Waals surface area contributed by atoms with Gasteiger partial charge in [-0.1, -0.05) is 19.4 Å². The Labute approximate surface area is 88.5 Å². The van der Waals surface area contributed by atoms with Crippen LogP contribution in [0, 0.1) is 0 Å². The molecular formula is C13H24O. The predicted molar refractivity (Wildman–Crippen MR) is 61.5 cm³/mol. The average Bonchev–Trinajstić information content (AvgIpc) is 2.26. The van der Waals surface area contributed by atoms with Crippen molar-refractivity contribution in [2.75, 3.05) is 6.61 Å². The van der Waals surface area contributed by atoms with Crippen LogP contribution in [0.4, 0.5) is 0 Å². The fourth-order valence-corrected chi connectivity index (χ4v) is 2.30. The molecule has 1 saturated heterocycles. The van der Waals surface area contributed by atoms with E-state index in [1.54, 1.807) is 0 Å². The lowest BCUT2D eigenvalue weighted by molar-refractivity contribution is -0.0869. The third-order valence-corrected chi connectivity index (χ3v) is 3.37. The smallest absolute Gasteiger partial charge is 0.0680 e. The van der Waals surface area contributed by atoms with Crippen molar-refractivity contribution in [2.45, 2.75) is 63.9 Å². The van der Waals surface area contributed by atoms with Gasteiger partial charge in [0.1, 0.15) is 0 Å². The van der Waals surface area contributed by atoms with E-state index in [1.807, 2.05) is 6.08 Å². The third-order valence-electron chi connectivity index (χ3n) is 3.37. The van der Waals surface area contributed by atoms with Crippen LogP contribution in [0.25, 0.3) is 0 Å². The van der Waals surface area contributed by atoms with Gasteiger partial charge in [0.25, 0.3) is 0 Å². The van der Waals surface area contributed by atoms with Gasteiger partial charge in [-0.05, 0) is 44.9 Å². The Morgan fingerprint density at radius 2 is 2.21 bits per heavy atom. The van der Waals surface area contributed by atoms with Crippen LogP contribution in [0.15, 0.2) is 12.7 Å². The molecule has 1 nitrogen and oxygen atoms in total. The van der Waals surface area contributed by atoms with Crippen LogP contribution >= 0.6 is 0 Å². The molecule has 1 aliphatic rings. The number of ether oxygens (including phenoxy) is 1. The fraction of sp³-hybridized carbons (Fsp3) is 0.846. The summed E-state index contributed by atoms with van der Waals surface area (Å²) in [5.41, 5.74) is 0.236. The summed E-state index contributed by atoms with van der Waals surface area (Å²) in [4.78, 5) is 0. The second-order valence-corrected chi connectivity index (χ2v) is 4.38. The maximum atomic E-state index is 5.97. The minimum atomic E-state index is 0.236. The van der Waals surface area contributed by atoms with Gasteiger partial charge in [-0.15, -0.1) is 6.58 Å². The van der Waals surface area contributed by atoms with Crippen molar-refractivity contribution >= 4 is 0 Å². The van der Waals surface area contributed by atoms with Gasteiger partial charge in [-0.2, -0.15) is 0 Å². The summed E-state index contributed by atoms with van der Waals surface area (Å²) in [5, 5.41) is 0. The minimum Gasteiger partial charge on any atom is -0.375 e. The van der Waals surface area contributed by atoms with Crippen molar-refractivity contribution in [3.05, 3.63) is 12.7 Å². The van der Waals surface area contributed by atoms with Crippen molar-refractivity contribution in [3.8, 4) is 0 Å². The monoisotopic (exact) mass is 196 g/mol. The Morgan fingerprint density at radius 3 is 2.79 bits per heavy atom. The van der Waals surface area contributed by atoms with E-state index in [0.717, 1.165) is 13.0 Å². The first-order chi connectivity index (χ1) is 6.83. The summed E-state index contributed by atoms with van der Waals surface area (Å²) in [5.74, 6) is 0. The third kappa shape index (κ3) is 3.45. The van der Waals surface area contributed by atoms with Gasteiger partial charge in [0, 0.05) is 6.61 Å². The zero-order chi connectivity index (χ0) is 10.3. The molecular weight excluding hydrogens is 172 g/mol. The molecule has 1 heteroatoms. The van der Waals surface area contributed by atoms with E-state index in [1.165, 1.54) is 44.9 Å². The highest BCUT2D eigenvalue weighted by Gasteiger charge is 2.30. The molecule has 1 rings (SSSR count). The Kier molecular flexibility index (Phi) is 5.24. The van der Waals surface area contributed by atoms with Gasteiger partial charge in [0.2, 0.25) is 0 Å². The van der Waals surface area contributed by atoms with E-state index in [-0.39, 0.29) is 5.60 Å². The topological polar surface area (TPSA) is 9.23 Å². The molecule has 0 saturated carbocycles. The van der Waals surface area contributed by atoms with Crippen LogP contribution in [-0.4, -0.2) is 12.2 Å². The molecule has 1 atom stereocenters. The molecule has 0 amide bonds. The lowest BCUT2D eigenvalue weighted by Gasteiger charge is -2.36. The first-order valence-electron chi connectivity index (χ1n) is 6.08. The number of allylic oxidation sites excluding steroid dienone is 1. The highest BCUT2D eigenvalue weighted by molar-refractivity contribution is 4.82. The highest BCUT2D eigenvalue weighted by atomic mass is 16.5. The number of rotatable bonds is 6. The lowest BCUT2D eigenvalue weighted by atomic mass is 9.86. The molecule has 0 radical (unpaired) electrons. The van der Waals surface area contributed by atoms with Crippen LogP contribution in [0.3, 0.4) is 0 Å². The van der Waals surface area contributed by atoms with Crippen LogP contribution < -0.4 is 0 Å². The Bertz CT molecular complexity index is 157. The Morgan fingerprint density at radius 1 is 1.36 bits per heavy atom. The van der Waals surface area contributed by atoms with Gasteiger partial charge in [-0.3, -0.25) is 0 Å². The SMILES string of the molecule is C=CCCCCC1(CC)CCCCO1. The quantitative estimate of drug-likeness (QED) is 0.459. The molecule has 1 unspecified atom stereocenters. The lowest BCUT2D eigenvalue weighted by Crippen LogP contribution is -2.35. The first kappa shape index (κ1) is 11.8. The van der Waals surface area contributed by atoms with E-state index in [0.29, 0.717) is 0 Å². The van der Waals surface area contributed by atoms with Crippen LogP contribution in [-0.2, 0) is 4.74 Å². The Balaban J connectivity index is 2.25. The van der Waals surface area contributed by atoms with Gasteiger partial charge in [0.15, 0.2) is 0 Å². The molecule has 0 aromatic carbocycles. The Hall–Kier alpha value is -0.300. The van der Waals surface area contributed by atoms with E-state index in [2.05, 4.69) is 13.5 Å². The summed E-state index contributed by atoms with van der Waals surface area (Å²) < 4.78 is 5.97. The molecule has 1 fully saturated rings. The second kappa shape index (κ2) is 6.23. The summed E-state index contributed by atoms with van der Waals surface area (Å²) in [6.07, 6.45) is 12.0.